The molecule has 0 heterocycles. The molecule has 0 radical (unpaired) electrons. The zero-order valence-electron chi connectivity index (χ0n) is 9.20. The second-order valence-corrected chi connectivity index (χ2v) is 4.21. The summed E-state index contributed by atoms with van der Waals surface area (Å²) >= 11 is 6.03. The normalized spacial score (nSPS) is 14.7. The zero-order valence-corrected chi connectivity index (χ0v) is 9.96. The van der Waals surface area contributed by atoms with Crippen LogP contribution in [0.2, 0.25) is 5.02 Å². The van der Waals surface area contributed by atoms with E-state index < -0.39 is 0 Å². The van der Waals surface area contributed by atoms with Gasteiger partial charge in [-0.2, -0.15) is 0 Å². The lowest BCUT2D eigenvalue weighted by atomic mass is 9.99. The minimum atomic E-state index is 0.0647. The highest BCUT2D eigenvalue weighted by atomic mass is 35.5. The van der Waals surface area contributed by atoms with Gasteiger partial charge in [0.15, 0.2) is 0 Å². The summed E-state index contributed by atoms with van der Waals surface area (Å²) in [6, 6.07) is 7.65. The summed E-state index contributed by atoms with van der Waals surface area (Å²) in [7, 11) is 0. The molecule has 2 nitrogen and oxygen atoms in total. The van der Waals surface area contributed by atoms with Crippen molar-refractivity contribution in [3.05, 3.63) is 29.3 Å². The van der Waals surface area contributed by atoms with E-state index in [-0.39, 0.29) is 12.6 Å². The number of para-hydroxylation sites is 1. The van der Waals surface area contributed by atoms with Crippen LogP contribution < -0.4 is 5.32 Å². The van der Waals surface area contributed by atoms with Gasteiger partial charge in [-0.15, -0.1) is 0 Å². The minimum absolute atomic E-state index is 0.0647. The lowest BCUT2D eigenvalue weighted by Gasteiger charge is -2.23. The van der Waals surface area contributed by atoms with Gasteiger partial charge in [-0.1, -0.05) is 44.0 Å². The van der Waals surface area contributed by atoms with E-state index in [2.05, 4.69) is 19.2 Å². The molecule has 0 saturated heterocycles. The number of benzene rings is 1. The van der Waals surface area contributed by atoms with Crippen molar-refractivity contribution >= 4 is 17.3 Å². The molecular weight excluding hydrogens is 210 g/mol. The number of rotatable bonds is 5. The van der Waals surface area contributed by atoms with Crippen molar-refractivity contribution in [1.29, 1.82) is 0 Å². The van der Waals surface area contributed by atoms with Gasteiger partial charge in [0.25, 0.3) is 0 Å². The molecule has 0 aliphatic carbocycles. The molecule has 0 amide bonds. The standard InChI is InChI=1S/C12H18ClNO/c1-3-9(2)12(8-15)14-11-7-5-4-6-10(11)13/h4-7,9,12,14-15H,3,8H2,1-2H3. The first-order chi connectivity index (χ1) is 7.19. The van der Waals surface area contributed by atoms with Crippen LogP contribution in [0.25, 0.3) is 0 Å². The van der Waals surface area contributed by atoms with Crippen LogP contribution in [0.15, 0.2) is 24.3 Å². The summed E-state index contributed by atoms with van der Waals surface area (Å²) in [6.45, 7) is 4.35. The summed E-state index contributed by atoms with van der Waals surface area (Å²) in [5.74, 6) is 0.422. The minimum Gasteiger partial charge on any atom is -0.394 e. The Kier molecular flexibility index (Phi) is 4.92. The van der Waals surface area contributed by atoms with Gasteiger partial charge in [0.1, 0.15) is 0 Å². The van der Waals surface area contributed by atoms with Gasteiger partial charge < -0.3 is 10.4 Å². The molecule has 84 valence electrons. The molecule has 1 aromatic rings. The van der Waals surface area contributed by atoms with E-state index >= 15 is 0 Å². The molecular formula is C12H18ClNO. The topological polar surface area (TPSA) is 32.3 Å². The highest BCUT2D eigenvalue weighted by Crippen LogP contribution is 2.23. The summed E-state index contributed by atoms with van der Waals surface area (Å²) in [6.07, 6.45) is 1.03. The number of aliphatic hydroxyl groups is 1. The predicted molar refractivity (Wildman–Crippen MR) is 65.4 cm³/mol. The van der Waals surface area contributed by atoms with Gasteiger partial charge in [-0.3, -0.25) is 0 Å². The number of hydrogen-bond acceptors (Lipinski definition) is 2. The van der Waals surface area contributed by atoms with Crippen LogP contribution in [0.4, 0.5) is 5.69 Å². The van der Waals surface area contributed by atoms with Gasteiger partial charge in [-0.05, 0) is 18.1 Å². The Balaban J connectivity index is 2.71. The van der Waals surface area contributed by atoms with E-state index in [0.717, 1.165) is 12.1 Å². The van der Waals surface area contributed by atoms with E-state index in [4.69, 9.17) is 11.6 Å². The first-order valence-corrected chi connectivity index (χ1v) is 5.68. The molecule has 0 fully saturated rings. The molecule has 0 spiro atoms. The third-order valence-corrected chi connectivity index (χ3v) is 3.07. The lowest BCUT2D eigenvalue weighted by molar-refractivity contribution is 0.241. The van der Waals surface area contributed by atoms with Gasteiger partial charge in [0.2, 0.25) is 0 Å². The quantitative estimate of drug-likeness (QED) is 0.810. The Morgan fingerprint density at radius 2 is 2.07 bits per heavy atom. The van der Waals surface area contributed by atoms with Crippen molar-refractivity contribution in [2.24, 2.45) is 5.92 Å². The fraction of sp³-hybridized carbons (Fsp3) is 0.500. The zero-order chi connectivity index (χ0) is 11.3. The second-order valence-electron chi connectivity index (χ2n) is 3.80. The molecule has 1 rings (SSSR count). The number of anilines is 1. The first kappa shape index (κ1) is 12.3. The SMILES string of the molecule is CCC(C)C(CO)Nc1ccccc1Cl. The maximum Gasteiger partial charge on any atom is 0.0637 e. The van der Waals surface area contributed by atoms with Crippen LogP contribution in [-0.4, -0.2) is 17.8 Å². The van der Waals surface area contributed by atoms with Crippen LogP contribution in [-0.2, 0) is 0 Å². The third-order valence-electron chi connectivity index (χ3n) is 2.74. The van der Waals surface area contributed by atoms with Crippen molar-refractivity contribution in [1.82, 2.24) is 0 Å². The van der Waals surface area contributed by atoms with Crippen molar-refractivity contribution in [3.63, 3.8) is 0 Å². The largest absolute Gasteiger partial charge is 0.394 e. The molecule has 2 unspecified atom stereocenters. The molecule has 15 heavy (non-hydrogen) atoms. The van der Waals surface area contributed by atoms with Crippen LogP contribution in [0, 0.1) is 5.92 Å². The Bertz CT molecular complexity index is 303. The first-order valence-electron chi connectivity index (χ1n) is 5.31. The monoisotopic (exact) mass is 227 g/mol. The molecule has 0 aliphatic heterocycles. The van der Waals surface area contributed by atoms with Crippen LogP contribution >= 0.6 is 11.6 Å². The maximum absolute atomic E-state index is 9.27. The summed E-state index contributed by atoms with van der Waals surface area (Å²) in [4.78, 5) is 0. The molecule has 1 aromatic carbocycles. The number of halogens is 1. The van der Waals surface area contributed by atoms with Crippen molar-refractivity contribution < 1.29 is 5.11 Å². The smallest absolute Gasteiger partial charge is 0.0637 e. The van der Waals surface area contributed by atoms with E-state index in [9.17, 15) is 5.11 Å². The summed E-state index contributed by atoms with van der Waals surface area (Å²) in [5.41, 5.74) is 0.888. The Labute approximate surface area is 96.3 Å². The van der Waals surface area contributed by atoms with Crippen LogP contribution in [0.3, 0.4) is 0 Å². The van der Waals surface area contributed by atoms with Crippen molar-refractivity contribution in [3.8, 4) is 0 Å². The lowest BCUT2D eigenvalue weighted by Crippen LogP contribution is -2.30. The highest BCUT2D eigenvalue weighted by molar-refractivity contribution is 6.33. The van der Waals surface area contributed by atoms with Crippen LogP contribution in [0.1, 0.15) is 20.3 Å². The Morgan fingerprint density at radius 3 is 2.60 bits per heavy atom. The molecule has 2 atom stereocenters. The summed E-state index contributed by atoms with van der Waals surface area (Å²) in [5, 5.41) is 13.2. The van der Waals surface area contributed by atoms with Gasteiger partial charge in [0, 0.05) is 0 Å². The third kappa shape index (κ3) is 3.40. The van der Waals surface area contributed by atoms with E-state index in [1.807, 2.05) is 24.3 Å². The molecule has 0 saturated carbocycles. The van der Waals surface area contributed by atoms with Gasteiger partial charge in [-0.25, -0.2) is 0 Å². The number of aliphatic hydroxyl groups excluding tert-OH is 1. The van der Waals surface area contributed by atoms with Gasteiger partial charge >= 0.3 is 0 Å². The molecule has 0 aromatic heterocycles. The molecule has 2 N–H and O–H groups in total. The molecule has 0 bridgehead atoms. The summed E-state index contributed by atoms with van der Waals surface area (Å²) < 4.78 is 0. The highest BCUT2D eigenvalue weighted by Gasteiger charge is 2.15. The van der Waals surface area contributed by atoms with Gasteiger partial charge in [0.05, 0.1) is 23.4 Å². The number of hydrogen-bond donors (Lipinski definition) is 2. The Hall–Kier alpha value is -0.730. The fourth-order valence-electron chi connectivity index (χ4n) is 1.43. The maximum atomic E-state index is 9.27. The van der Waals surface area contributed by atoms with Crippen molar-refractivity contribution in [2.75, 3.05) is 11.9 Å². The molecule has 3 heteroatoms. The fourth-order valence-corrected chi connectivity index (χ4v) is 1.62. The Morgan fingerprint density at radius 1 is 1.40 bits per heavy atom. The van der Waals surface area contributed by atoms with Crippen molar-refractivity contribution in [2.45, 2.75) is 26.3 Å². The van der Waals surface area contributed by atoms with E-state index in [1.165, 1.54) is 0 Å². The van der Waals surface area contributed by atoms with E-state index in [1.54, 1.807) is 0 Å². The van der Waals surface area contributed by atoms with E-state index in [0.29, 0.717) is 10.9 Å². The number of nitrogens with one attached hydrogen (secondary N) is 1. The average molecular weight is 228 g/mol. The second kappa shape index (κ2) is 5.99. The van der Waals surface area contributed by atoms with Crippen LogP contribution in [0.5, 0.6) is 0 Å². The predicted octanol–water partition coefficient (Wildman–Crippen LogP) is 3.16. The molecule has 0 aliphatic rings. The average Bonchev–Trinajstić information content (AvgIpc) is 2.27.